The largest absolute Gasteiger partial charge is 0.463 e. The third kappa shape index (κ3) is 10.4. The number of amides is 2. The Labute approximate surface area is 217 Å². The molecule has 0 aromatic heterocycles. The molecular weight excluding hydrogens is 475 g/mol. The molecule has 0 saturated heterocycles. The highest BCUT2D eigenvalue weighted by atomic mass is 19.1. The van der Waals surface area contributed by atoms with Gasteiger partial charge in [-0.05, 0) is 42.5 Å². The number of carbonyl (C=O) groups excluding carboxylic acids is 3. The average molecular weight is 511 g/mol. The fourth-order valence-electron chi connectivity index (χ4n) is 3.82. The van der Waals surface area contributed by atoms with Crippen molar-refractivity contribution in [2.45, 2.75) is 31.7 Å². The van der Waals surface area contributed by atoms with Gasteiger partial charge in [-0.2, -0.15) is 0 Å². The van der Waals surface area contributed by atoms with Gasteiger partial charge in [0, 0.05) is 13.0 Å². The predicted octanol–water partition coefficient (Wildman–Crippen LogP) is 3.65. The van der Waals surface area contributed by atoms with Gasteiger partial charge in [0.25, 0.3) is 0 Å². The molecule has 2 aromatic carbocycles. The molecule has 0 radical (unpaired) electrons. The van der Waals surface area contributed by atoms with Crippen molar-refractivity contribution in [3.63, 3.8) is 0 Å². The second-order valence-electron chi connectivity index (χ2n) is 8.65. The number of carbonyl (C=O) groups is 3. The van der Waals surface area contributed by atoms with E-state index in [1.165, 1.54) is 12.1 Å². The Morgan fingerprint density at radius 3 is 2.24 bits per heavy atom. The first-order valence-electron chi connectivity index (χ1n) is 12.2. The maximum Gasteiger partial charge on any atom is 0.309 e. The van der Waals surface area contributed by atoms with Crippen LogP contribution in [0.5, 0.6) is 0 Å². The molecule has 37 heavy (non-hydrogen) atoms. The van der Waals surface area contributed by atoms with Crippen LogP contribution in [0.1, 0.15) is 36.4 Å². The first-order valence-corrected chi connectivity index (χ1v) is 12.2. The number of benzene rings is 2. The molecule has 2 rings (SSSR count). The van der Waals surface area contributed by atoms with E-state index >= 15 is 0 Å². The van der Waals surface area contributed by atoms with Crippen LogP contribution in [-0.4, -0.2) is 42.6 Å². The molecule has 3 unspecified atom stereocenters. The van der Waals surface area contributed by atoms with E-state index in [1.54, 1.807) is 24.3 Å². The maximum absolute atomic E-state index is 13.3. The van der Waals surface area contributed by atoms with E-state index in [1.807, 2.05) is 30.3 Å². The van der Waals surface area contributed by atoms with E-state index in [-0.39, 0.29) is 50.2 Å². The van der Waals surface area contributed by atoms with E-state index in [0.717, 1.165) is 11.1 Å². The van der Waals surface area contributed by atoms with Crippen LogP contribution in [0.2, 0.25) is 0 Å². The second-order valence-corrected chi connectivity index (χ2v) is 8.65. The van der Waals surface area contributed by atoms with Crippen LogP contribution in [-0.2, 0) is 25.5 Å². The van der Waals surface area contributed by atoms with Crippen LogP contribution < -0.4 is 10.6 Å². The molecule has 3 atom stereocenters. The number of esters is 1. The summed E-state index contributed by atoms with van der Waals surface area (Å²) in [5.41, 5.74) is 1.54. The molecule has 0 bridgehead atoms. The van der Waals surface area contributed by atoms with Gasteiger partial charge in [0.2, 0.25) is 11.8 Å². The van der Waals surface area contributed by atoms with Gasteiger partial charge in [-0.15, -0.1) is 13.2 Å². The number of hydrogen-bond donors (Lipinski definition) is 3. The zero-order chi connectivity index (χ0) is 27.0. The van der Waals surface area contributed by atoms with Gasteiger partial charge in [-0.3, -0.25) is 14.4 Å². The Hall–Kier alpha value is -3.78. The van der Waals surface area contributed by atoms with Gasteiger partial charge in [0.1, 0.15) is 12.4 Å². The molecule has 0 heterocycles. The summed E-state index contributed by atoms with van der Waals surface area (Å²) in [5.74, 6) is -2.73. The summed E-state index contributed by atoms with van der Waals surface area (Å²) in [5, 5.41) is 14.4. The highest BCUT2D eigenvalue weighted by molar-refractivity contribution is 5.86. The molecule has 8 heteroatoms. The lowest BCUT2D eigenvalue weighted by Gasteiger charge is -2.23. The van der Waals surface area contributed by atoms with E-state index < -0.39 is 23.8 Å². The number of hydrogen-bond acceptors (Lipinski definition) is 5. The molecule has 0 spiro atoms. The number of ether oxygens (including phenoxy) is 1. The summed E-state index contributed by atoms with van der Waals surface area (Å²) in [6.07, 6.45) is 4.14. The molecule has 7 nitrogen and oxygen atoms in total. The summed E-state index contributed by atoms with van der Waals surface area (Å²) in [4.78, 5) is 38.2. The van der Waals surface area contributed by atoms with Gasteiger partial charge in [0.05, 0.1) is 24.5 Å². The van der Waals surface area contributed by atoms with Gasteiger partial charge in [-0.25, -0.2) is 4.39 Å². The van der Waals surface area contributed by atoms with Gasteiger partial charge < -0.3 is 20.5 Å². The minimum Gasteiger partial charge on any atom is -0.463 e. The summed E-state index contributed by atoms with van der Waals surface area (Å²) >= 11 is 0. The van der Waals surface area contributed by atoms with E-state index in [0.29, 0.717) is 12.8 Å². The number of rotatable bonds is 16. The van der Waals surface area contributed by atoms with E-state index in [4.69, 9.17) is 9.84 Å². The summed E-state index contributed by atoms with van der Waals surface area (Å²) in [6, 6.07) is 14.4. The lowest BCUT2D eigenvalue weighted by molar-refractivity contribution is -0.150. The van der Waals surface area contributed by atoms with Crippen molar-refractivity contribution in [1.82, 2.24) is 10.6 Å². The maximum atomic E-state index is 13.3. The third-order valence-corrected chi connectivity index (χ3v) is 5.78. The Balaban J connectivity index is 2.11. The van der Waals surface area contributed by atoms with Crippen LogP contribution >= 0.6 is 0 Å². The monoisotopic (exact) mass is 510 g/mol. The quantitative estimate of drug-likeness (QED) is 0.236. The van der Waals surface area contributed by atoms with Crippen molar-refractivity contribution >= 4 is 17.8 Å². The molecule has 0 aliphatic heterocycles. The first kappa shape index (κ1) is 29.5. The summed E-state index contributed by atoms with van der Waals surface area (Å²) in [7, 11) is 0. The molecular formula is C29H35FN2O5. The number of aliphatic hydroxyl groups is 1. The lowest BCUT2D eigenvalue weighted by atomic mass is 9.96. The highest BCUT2D eigenvalue weighted by Crippen LogP contribution is 2.20. The minimum absolute atomic E-state index is 0.0712. The minimum atomic E-state index is -0.676. The number of nitrogens with one attached hydrogen (secondary N) is 2. The van der Waals surface area contributed by atoms with Crippen LogP contribution in [0.3, 0.4) is 0 Å². The normalized spacial score (nSPS) is 13.0. The molecule has 2 aromatic rings. The zero-order valence-corrected chi connectivity index (χ0v) is 20.9. The zero-order valence-electron chi connectivity index (χ0n) is 20.9. The Morgan fingerprint density at radius 2 is 1.62 bits per heavy atom. The van der Waals surface area contributed by atoms with Crippen molar-refractivity contribution in [3.05, 3.63) is 96.9 Å². The van der Waals surface area contributed by atoms with Crippen molar-refractivity contribution < 1.29 is 28.6 Å². The van der Waals surface area contributed by atoms with Crippen LogP contribution in [0.25, 0.3) is 0 Å². The molecule has 0 saturated carbocycles. The van der Waals surface area contributed by atoms with Crippen molar-refractivity contribution in [2.24, 2.45) is 11.8 Å². The van der Waals surface area contributed by atoms with Crippen LogP contribution in [0, 0.1) is 17.7 Å². The first-order chi connectivity index (χ1) is 17.9. The van der Waals surface area contributed by atoms with Crippen molar-refractivity contribution in [2.75, 3.05) is 19.8 Å². The molecule has 2 amide bonds. The van der Waals surface area contributed by atoms with Gasteiger partial charge >= 0.3 is 5.97 Å². The fourth-order valence-corrected chi connectivity index (χ4v) is 3.82. The van der Waals surface area contributed by atoms with Crippen molar-refractivity contribution in [3.8, 4) is 0 Å². The molecule has 0 aliphatic carbocycles. The average Bonchev–Trinajstić information content (AvgIpc) is 2.90. The van der Waals surface area contributed by atoms with E-state index in [9.17, 15) is 18.8 Å². The van der Waals surface area contributed by atoms with E-state index in [2.05, 4.69) is 23.8 Å². The number of aliphatic hydroxyl groups excluding tert-OH is 1. The Kier molecular flexibility index (Phi) is 12.8. The van der Waals surface area contributed by atoms with Crippen molar-refractivity contribution in [1.29, 1.82) is 0 Å². The third-order valence-electron chi connectivity index (χ3n) is 5.78. The summed E-state index contributed by atoms with van der Waals surface area (Å²) < 4.78 is 18.9. The molecule has 0 fully saturated rings. The number of allylic oxidation sites excluding steroid dienone is 2. The van der Waals surface area contributed by atoms with Crippen LogP contribution in [0.15, 0.2) is 79.9 Å². The molecule has 3 N–H and O–H groups in total. The van der Waals surface area contributed by atoms with Gasteiger partial charge in [-0.1, -0.05) is 54.6 Å². The lowest BCUT2D eigenvalue weighted by Crippen LogP contribution is -2.39. The topological polar surface area (TPSA) is 105 Å². The number of halogens is 1. The molecule has 198 valence electrons. The highest BCUT2D eigenvalue weighted by Gasteiger charge is 2.26. The molecule has 0 aliphatic rings. The summed E-state index contributed by atoms with van der Waals surface area (Å²) in [6.45, 7) is 7.20. The predicted molar refractivity (Wildman–Crippen MR) is 140 cm³/mol. The SMILES string of the molecule is C=CCC(CC(=O)NCCO)C(=O)NC(COC(=O)C(CC=C)Cc1ccc(F)cc1)c1ccccc1. The standard InChI is InChI=1S/C29H35FN2O5/c1-3-8-23(19-27(34)31-16-17-33)28(35)32-26(22-10-6-5-7-11-22)20-37-29(36)24(9-4-2)18-21-12-14-25(30)15-13-21/h3-7,10-15,23-24,26,33H,1-2,8-9,16-20H2,(H,31,34)(H,32,35). The Morgan fingerprint density at radius 1 is 0.973 bits per heavy atom. The van der Waals surface area contributed by atoms with Crippen LogP contribution in [0.4, 0.5) is 4.39 Å². The smallest absolute Gasteiger partial charge is 0.309 e. The van der Waals surface area contributed by atoms with Gasteiger partial charge in [0.15, 0.2) is 0 Å². The second kappa shape index (κ2) is 16.1. The Bertz CT molecular complexity index is 1030. The fraction of sp³-hybridized carbons (Fsp3) is 0.345.